The van der Waals surface area contributed by atoms with Gasteiger partial charge >= 0.3 is 0 Å². The van der Waals surface area contributed by atoms with Crippen LogP contribution in [0.1, 0.15) is 12.5 Å². The molecule has 2 aromatic heterocycles. The lowest BCUT2D eigenvalue weighted by molar-refractivity contribution is 0.410. The van der Waals surface area contributed by atoms with Crippen LogP contribution in [0.5, 0.6) is 5.75 Å². The minimum absolute atomic E-state index is 0.537. The fraction of sp³-hybridized carbons (Fsp3) is 0.267. The maximum Gasteiger partial charge on any atom is 0.165 e. The molecule has 0 aliphatic carbocycles. The molecule has 0 fully saturated rings. The summed E-state index contributed by atoms with van der Waals surface area (Å²) in [6, 6.07) is 5.65. The lowest BCUT2D eigenvalue weighted by atomic mass is 10.2. The fourth-order valence-electron chi connectivity index (χ4n) is 2.34. The first-order chi connectivity index (χ1) is 10.7. The van der Waals surface area contributed by atoms with Gasteiger partial charge in [0.05, 0.1) is 18.5 Å². The average Bonchev–Trinajstić information content (AvgIpc) is 2.96. The summed E-state index contributed by atoms with van der Waals surface area (Å²) in [7, 11) is 1.61. The molecular weight excluding hydrogens is 302 g/mol. The van der Waals surface area contributed by atoms with Gasteiger partial charge in [0.25, 0.3) is 0 Å². The highest BCUT2D eigenvalue weighted by molar-refractivity contribution is 6.32. The Morgan fingerprint density at radius 3 is 2.91 bits per heavy atom. The van der Waals surface area contributed by atoms with Crippen LogP contribution in [-0.2, 0) is 13.1 Å². The second kappa shape index (κ2) is 6.19. The van der Waals surface area contributed by atoms with Crippen molar-refractivity contribution in [3.8, 4) is 5.75 Å². The van der Waals surface area contributed by atoms with Gasteiger partial charge in [-0.05, 0) is 13.0 Å². The smallest absolute Gasteiger partial charge is 0.165 e. The highest BCUT2D eigenvalue weighted by Crippen LogP contribution is 2.29. The Bertz CT molecular complexity index is 802. The summed E-state index contributed by atoms with van der Waals surface area (Å²) in [4.78, 5) is 12.9. The van der Waals surface area contributed by atoms with E-state index in [0.29, 0.717) is 23.1 Å². The molecular formula is C15H16ClN5O. The van der Waals surface area contributed by atoms with Crippen molar-refractivity contribution in [1.29, 1.82) is 0 Å². The summed E-state index contributed by atoms with van der Waals surface area (Å²) in [6.07, 6.45) is 3.30. The largest absolute Gasteiger partial charge is 0.495 e. The van der Waals surface area contributed by atoms with E-state index in [1.54, 1.807) is 19.5 Å². The van der Waals surface area contributed by atoms with E-state index in [9.17, 15) is 0 Å². The monoisotopic (exact) mass is 317 g/mol. The Morgan fingerprint density at radius 2 is 2.14 bits per heavy atom. The van der Waals surface area contributed by atoms with Crippen LogP contribution in [0.2, 0.25) is 5.02 Å². The number of rotatable bonds is 5. The SMILES string of the molecule is CCn1cnc2c(NCc3cccc(Cl)c3OC)ncnc21. The molecule has 0 bridgehead atoms. The van der Waals surface area contributed by atoms with Gasteiger partial charge < -0.3 is 14.6 Å². The molecule has 22 heavy (non-hydrogen) atoms. The normalized spacial score (nSPS) is 10.9. The van der Waals surface area contributed by atoms with E-state index < -0.39 is 0 Å². The molecule has 0 spiro atoms. The number of imidazole rings is 1. The first kappa shape index (κ1) is 14.6. The molecule has 114 valence electrons. The van der Waals surface area contributed by atoms with Crippen molar-refractivity contribution in [3.05, 3.63) is 41.4 Å². The van der Waals surface area contributed by atoms with Gasteiger partial charge in [0.15, 0.2) is 11.5 Å². The van der Waals surface area contributed by atoms with Crippen LogP contribution >= 0.6 is 11.6 Å². The fourth-order valence-corrected chi connectivity index (χ4v) is 2.61. The zero-order valence-corrected chi connectivity index (χ0v) is 13.1. The molecule has 2 heterocycles. The summed E-state index contributed by atoms with van der Waals surface area (Å²) >= 11 is 6.13. The first-order valence-electron chi connectivity index (χ1n) is 6.95. The van der Waals surface area contributed by atoms with E-state index in [0.717, 1.165) is 23.3 Å². The number of benzene rings is 1. The van der Waals surface area contributed by atoms with Crippen molar-refractivity contribution in [2.45, 2.75) is 20.0 Å². The Balaban J connectivity index is 1.89. The number of para-hydroxylation sites is 1. The number of aromatic nitrogens is 4. The minimum Gasteiger partial charge on any atom is -0.495 e. The number of nitrogens with zero attached hydrogens (tertiary/aromatic N) is 4. The minimum atomic E-state index is 0.537. The molecule has 3 aromatic rings. The highest BCUT2D eigenvalue weighted by atomic mass is 35.5. The third-order valence-electron chi connectivity index (χ3n) is 3.44. The molecule has 6 nitrogen and oxygen atoms in total. The van der Waals surface area contributed by atoms with E-state index in [-0.39, 0.29) is 0 Å². The number of hydrogen-bond acceptors (Lipinski definition) is 5. The van der Waals surface area contributed by atoms with Gasteiger partial charge in [-0.25, -0.2) is 15.0 Å². The number of anilines is 1. The molecule has 0 amide bonds. The van der Waals surface area contributed by atoms with Crippen molar-refractivity contribution in [2.75, 3.05) is 12.4 Å². The second-order valence-electron chi connectivity index (χ2n) is 4.71. The third-order valence-corrected chi connectivity index (χ3v) is 3.74. The van der Waals surface area contributed by atoms with Crippen molar-refractivity contribution in [2.24, 2.45) is 0 Å². The van der Waals surface area contributed by atoms with Crippen molar-refractivity contribution < 1.29 is 4.74 Å². The van der Waals surface area contributed by atoms with Crippen LogP contribution in [-0.4, -0.2) is 26.6 Å². The van der Waals surface area contributed by atoms with E-state index in [1.807, 2.05) is 23.6 Å². The zero-order valence-electron chi connectivity index (χ0n) is 12.4. The Kier molecular flexibility index (Phi) is 4.11. The van der Waals surface area contributed by atoms with Crippen LogP contribution in [0.15, 0.2) is 30.9 Å². The van der Waals surface area contributed by atoms with E-state index in [2.05, 4.69) is 20.3 Å². The van der Waals surface area contributed by atoms with Crippen molar-refractivity contribution in [3.63, 3.8) is 0 Å². The Hall–Kier alpha value is -2.34. The molecule has 0 unspecified atom stereocenters. The molecule has 0 saturated carbocycles. The van der Waals surface area contributed by atoms with Gasteiger partial charge in [-0.2, -0.15) is 0 Å². The van der Waals surface area contributed by atoms with E-state index in [1.165, 1.54) is 6.33 Å². The zero-order chi connectivity index (χ0) is 15.5. The molecule has 0 saturated heterocycles. The molecule has 0 aliphatic rings. The Morgan fingerprint density at radius 1 is 1.27 bits per heavy atom. The molecule has 7 heteroatoms. The molecule has 3 rings (SSSR count). The number of ether oxygens (including phenoxy) is 1. The van der Waals surface area contributed by atoms with Crippen molar-refractivity contribution in [1.82, 2.24) is 19.5 Å². The average molecular weight is 318 g/mol. The van der Waals surface area contributed by atoms with Crippen LogP contribution in [0.4, 0.5) is 5.82 Å². The van der Waals surface area contributed by atoms with Gasteiger partial charge in [0.1, 0.15) is 17.6 Å². The number of aryl methyl sites for hydroxylation is 1. The molecule has 1 N–H and O–H groups in total. The number of fused-ring (bicyclic) bond motifs is 1. The van der Waals surface area contributed by atoms with Gasteiger partial charge in [0, 0.05) is 18.7 Å². The number of hydrogen-bond donors (Lipinski definition) is 1. The Labute approximate surface area is 133 Å². The predicted molar refractivity (Wildman–Crippen MR) is 86.3 cm³/mol. The van der Waals surface area contributed by atoms with Crippen LogP contribution in [0.25, 0.3) is 11.2 Å². The lowest BCUT2D eigenvalue weighted by Crippen LogP contribution is -2.05. The maximum atomic E-state index is 6.13. The van der Waals surface area contributed by atoms with E-state index in [4.69, 9.17) is 16.3 Å². The van der Waals surface area contributed by atoms with Crippen LogP contribution < -0.4 is 10.1 Å². The van der Waals surface area contributed by atoms with Gasteiger partial charge in [-0.1, -0.05) is 23.7 Å². The molecule has 0 radical (unpaired) electrons. The summed E-state index contributed by atoms with van der Waals surface area (Å²) in [6.45, 7) is 3.40. The number of halogens is 1. The predicted octanol–water partition coefficient (Wildman–Crippen LogP) is 3.12. The summed E-state index contributed by atoms with van der Waals surface area (Å²) < 4.78 is 7.32. The molecule has 0 aliphatic heterocycles. The number of methoxy groups -OCH3 is 1. The third kappa shape index (κ3) is 2.57. The van der Waals surface area contributed by atoms with Gasteiger partial charge in [-0.3, -0.25) is 0 Å². The van der Waals surface area contributed by atoms with Gasteiger partial charge in [0.2, 0.25) is 0 Å². The standard InChI is InChI=1S/C15H16ClN5O/c1-3-21-9-20-12-14(18-8-19-15(12)21)17-7-10-5-4-6-11(16)13(10)22-2/h4-6,8-9H,3,7H2,1-2H3,(H,17,18,19). The van der Waals surface area contributed by atoms with Crippen LogP contribution in [0, 0.1) is 0 Å². The van der Waals surface area contributed by atoms with E-state index >= 15 is 0 Å². The number of nitrogens with one attached hydrogen (secondary N) is 1. The topological polar surface area (TPSA) is 64.9 Å². The van der Waals surface area contributed by atoms with Crippen molar-refractivity contribution >= 4 is 28.6 Å². The van der Waals surface area contributed by atoms with Gasteiger partial charge in [-0.15, -0.1) is 0 Å². The first-order valence-corrected chi connectivity index (χ1v) is 7.33. The molecule has 1 aromatic carbocycles. The summed E-state index contributed by atoms with van der Waals surface area (Å²) in [5.41, 5.74) is 2.53. The maximum absolute atomic E-state index is 6.13. The van der Waals surface area contributed by atoms with Crippen LogP contribution in [0.3, 0.4) is 0 Å². The summed E-state index contributed by atoms with van der Waals surface area (Å²) in [5.74, 6) is 1.36. The molecule has 0 atom stereocenters. The lowest BCUT2D eigenvalue weighted by Gasteiger charge is -2.11. The second-order valence-corrected chi connectivity index (χ2v) is 5.12. The highest BCUT2D eigenvalue weighted by Gasteiger charge is 2.11. The quantitative estimate of drug-likeness (QED) is 0.783. The summed E-state index contributed by atoms with van der Waals surface area (Å²) in [5, 5.41) is 3.87.